The predicted octanol–water partition coefficient (Wildman–Crippen LogP) is 11.4. The van der Waals surface area contributed by atoms with E-state index in [0.29, 0.717) is 69.1 Å². The summed E-state index contributed by atoms with van der Waals surface area (Å²) in [5.74, 6) is 0.929. The van der Waals surface area contributed by atoms with E-state index in [0.717, 1.165) is 60.3 Å². The Balaban J connectivity index is 0.000000166. The lowest BCUT2D eigenvalue weighted by Gasteiger charge is -2.38. The van der Waals surface area contributed by atoms with Crippen molar-refractivity contribution in [2.75, 3.05) is 10.6 Å². The molecule has 4 aliphatic rings. The van der Waals surface area contributed by atoms with E-state index in [1.165, 1.54) is 0 Å². The van der Waals surface area contributed by atoms with Gasteiger partial charge in [0.05, 0.1) is 0 Å². The number of rotatable bonds is 8. The van der Waals surface area contributed by atoms with E-state index >= 15 is 0 Å². The summed E-state index contributed by atoms with van der Waals surface area (Å²) < 4.78 is 16.6. The molecule has 2 saturated carbocycles. The van der Waals surface area contributed by atoms with Crippen LogP contribution in [0.2, 0.25) is 0 Å². The minimum Gasteiger partial charge on any atom is -0.460 e. The molecule has 0 radical (unpaired) electrons. The standard InChI is InChI=1S/2C28H32N2O3/c2*1-17(2)19-14-13-18(3)15-25(19)33-27(32)28(26(31)21-10-5-7-11-23(21)29-28)22-16-30(4)24-12-8-6-9-20(22)24/h2*5-12,16-19,25,29H,13-15H2,1-4H3/t18-,19+,25-,28+;18-,19+,25-,28-/m11/s1. The lowest BCUT2D eigenvalue weighted by Crippen LogP contribution is -2.50. The van der Waals surface area contributed by atoms with Gasteiger partial charge in [-0.3, -0.25) is 9.59 Å². The van der Waals surface area contributed by atoms with Crippen LogP contribution in [0, 0.1) is 35.5 Å². The number of ether oxygens (including phenoxy) is 2. The smallest absolute Gasteiger partial charge is 0.345 e. The third kappa shape index (κ3) is 7.50. The molecule has 2 aliphatic heterocycles. The van der Waals surface area contributed by atoms with Crippen LogP contribution in [0.25, 0.3) is 21.8 Å². The first kappa shape index (κ1) is 45.0. The van der Waals surface area contributed by atoms with Crippen molar-refractivity contribution in [1.82, 2.24) is 9.13 Å². The summed E-state index contributed by atoms with van der Waals surface area (Å²) in [4.78, 5) is 56.2. The Morgan fingerprint density at radius 2 is 0.924 bits per heavy atom. The lowest BCUT2D eigenvalue weighted by molar-refractivity contribution is -0.160. The number of aryl methyl sites for hydroxylation is 2. The molecule has 2 fully saturated rings. The van der Waals surface area contributed by atoms with Gasteiger partial charge in [0.2, 0.25) is 22.6 Å². The Hall–Kier alpha value is -6.16. The summed E-state index contributed by atoms with van der Waals surface area (Å²) in [5.41, 5.74) is 2.45. The number of para-hydroxylation sites is 4. The van der Waals surface area contributed by atoms with E-state index in [-0.39, 0.29) is 23.8 Å². The van der Waals surface area contributed by atoms with Crippen LogP contribution < -0.4 is 10.6 Å². The van der Waals surface area contributed by atoms with Crippen LogP contribution in [-0.4, -0.2) is 44.8 Å². The molecule has 4 aromatic carbocycles. The second kappa shape index (κ2) is 17.6. The van der Waals surface area contributed by atoms with Crippen molar-refractivity contribution in [3.8, 4) is 0 Å². The average molecular weight is 889 g/mol. The summed E-state index contributed by atoms with van der Waals surface area (Å²) in [7, 11) is 3.88. The van der Waals surface area contributed by atoms with Crippen LogP contribution in [0.5, 0.6) is 0 Å². The molecule has 0 spiro atoms. The number of Topliss-reactive ketones (excluding diaryl/α,β-unsaturated/α-hetero) is 2. The van der Waals surface area contributed by atoms with Gasteiger partial charge in [-0.2, -0.15) is 0 Å². The van der Waals surface area contributed by atoms with Crippen molar-refractivity contribution >= 4 is 56.7 Å². The number of nitrogens with zero attached hydrogens (tertiary/aromatic N) is 2. The lowest BCUT2D eigenvalue weighted by atomic mass is 9.75. The quantitative estimate of drug-likeness (QED) is 0.114. The Kier molecular flexibility index (Phi) is 12.0. The molecule has 0 amide bonds. The number of anilines is 2. The molecule has 2 N–H and O–H groups in total. The van der Waals surface area contributed by atoms with E-state index < -0.39 is 23.0 Å². The monoisotopic (exact) mass is 888 g/mol. The minimum atomic E-state index is -1.59. The molecular weight excluding hydrogens is 825 g/mol. The fraction of sp³-hybridized carbons (Fsp3) is 0.429. The molecule has 10 rings (SSSR count). The number of nitrogens with one attached hydrogen (secondary N) is 2. The van der Waals surface area contributed by atoms with Crippen LogP contribution in [0.1, 0.15) is 112 Å². The van der Waals surface area contributed by atoms with Gasteiger partial charge in [-0.25, -0.2) is 9.59 Å². The summed E-state index contributed by atoms with van der Waals surface area (Å²) >= 11 is 0. The van der Waals surface area contributed by atoms with Gasteiger partial charge < -0.3 is 29.2 Å². The molecular formula is C56H64N4O6. The number of carbonyl (C=O) groups is 4. The second-order valence-corrected chi connectivity index (χ2v) is 20.4. The third-order valence-corrected chi connectivity index (χ3v) is 15.3. The Labute approximate surface area is 388 Å². The molecule has 344 valence electrons. The van der Waals surface area contributed by atoms with E-state index in [2.05, 4.69) is 52.2 Å². The van der Waals surface area contributed by atoms with Crippen LogP contribution in [-0.2, 0) is 44.2 Å². The van der Waals surface area contributed by atoms with Gasteiger partial charge >= 0.3 is 11.9 Å². The van der Waals surface area contributed by atoms with Crippen LogP contribution in [0.4, 0.5) is 11.4 Å². The molecule has 0 saturated heterocycles. The first-order valence-corrected chi connectivity index (χ1v) is 24.0. The summed E-state index contributed by atoms with van der Waals surface area (Å²) in [6.07, 6.45) is 9.46. The Morgan fingerprint density at radius 1 is 0.561 bits per heavy atom. The highest BCUT2D eigenvalue weighted by Gasteiger charge is 2.58. The maximum atomic E-state index is 14.1. The van der Waals surface area contributed by atoms with Crippen molar-refractivity contribution in [3.63, 3.8) is 0 Å². The normalized spacial score (nSPS) is 26.9. The first-order valence-electron chi connectivity index (χ1n) is 24.0. The van der Waals surface area contributed by atoms with Crippen molar-refractivity contribution in [1.29, 1.82) is 0 Å². The second-order valence-electron chi connectivity index (χ2n) is 20.4. The van der Waals surface area contributed by atoms with Gasteiger partial charge in [0.1, 0.15) is 12.2 Å². The fourth-order valence-corrected chi connectivity index (χ4v) is 11.6. The maximum Gasteiger partial charge on any atom is 0.345 e. The van der Waals surface area contributed by atoms with E-state index in [9.17, 15) is 19.2 Å². The van der Waals surface area contributed by atoms with Crippen molar-refractivity contribution in [3.05, 3.63) is 132 Å². The summed E-state index contributed by atoms with van der Waals surface area (Å²) in [6, 6.07) is 30.4. The molecule has 4 heterocycles. The van der Waals surface area contributed by atoms with Crippen molar-refractivity contribution in [2.45, 2.75) is 103 Å². The third-order valence-electron chi connectivity index (χ3n) is 15.3. The SMILES string of the molecule is CC(C)[C@@H]1CC[C@@H](C)C[C@H]1OC(=O)[C@@]1(c2cn(C)c3ccccc23)Nc2ccccc2C1=O.CC(C)[C@@H]1CC[C@@H](C)C[C@H]1OC(=O)[C@]1(c2cn(C)c3ccccc23)Nc2ccccc2C1=O. The molecule has 2 aliphatic carbocycles. The topological polar surface area (TPSA) is 121 Å². The van der Waals surface area contributed by atoms with Gasteiger partial charge in [-0.05, 0) is 97.6 Å². The van der Waals surface area contributed by atoms with Crippen LogP contribution >= 0.6 is 0 Å². The van der Waals surface area contributed by atoms with E-state index in [4.69, 9.17) is 9.47 Å². The summed E-state index contributed by atoms with van der Waals surface area (Å²) in [5, 5.41) is 8.41. The number of hydrogen-bond donors (Lipinski definition) is 2. The van der Waals surface area contributed by atoms with Crippen molar-refractivity contribution in [2.24, 2.45) is 49.6 Å². The molecule has 0 unspecified atom stereocenters. The Bertz CT molecular complexity index is 2650. The maximum absolute atomic E-state index is 14.1. The highest BCUT2D eigenvalue weighted by molar-refractivity contribution is 6.27. The fourth-order valence-electron chi connectivity index (χ4n) is 11.6. The first-order chi connectivity index (χ1) is 31.6. The van der Waals surface area contributed by atoms with Gasteiger partial charge in [0.15, 0.2) is 0 Å². The number of hydrogen-bond acceptors (Lipinski definition) is 8. The summed E-state index contributed by atoms with van der Waals surface area (Å²) in [6.45, 7) is 13.2. The number of benzene rings is 4. The molecule has 6 aromatic rings. The van der Waals surface area contributed by atoms with Gasteiger partial charge in [-0.15, -0.1) is 0 Å². The van der Waals surface area contributed by atoms with E-state index in [1.807, 2.05) is 121 Å². The predicted molar refractivity (Wildman–Crippen MR) is 260 cm³/mol. The number of fused-ring (bicyclic) bond motifs is 4. The number of esters is 2. The number of aromatic nitrogens is 2. The zero-order valence-corrected chi connectivity index (χ0v) is 39.6. The van der Waals surface area contributed by atoms with Gasteiger partial charge in [0, 0.05) is 81.9 Å². The van der Waals surface area contributed by atoms with Gasteiger partial charge in [-0.1, -0.05) is 115 Å². The Morgan fingerprint density at radius 3 is 1.30 bits per heavy atom. The molecule has 10 nitrogen and oxygen atoms in total. The van der Waals surface area contributed by atoms with Crippen molar-refractivity contribution < 1.29 is 28.7 Å². The molecule has 10 heteroatoms. The number of carbonyl (C=O) groups excluding carboxylic acids is 4. The zero-order valence-electron chi connectivity index (χ0n) is 39.6. The number of ketones is 2. The molecule has 66 heavy (non-hydrogen) atoms. The molecule has 8 atom stereocenters. The highest BCUT2D eigenvalue weighted by atomic mass is 16.6. The largest absolute Gasteiger partial charge is 0.460 e. The minimum absolute atomic E-state index is 0.189. The highest BCUT2D eigenvalue weighted by Crippen LogP contribution is 2.47. The zero-order chi connectivity index (χ0) is 46.7. The van der Waals surface area contributed by atoms with Crippen LogP contribution in [0.15, 0.2) is 109 Å². The van der Waals surface area contributed by atoms with E-state index in [1.54, 1.807) is 12.1 Å². The van der Waals surface area contributed by atoms with Crippen LogP contribution in [0.3, 0.4) is 0 Å². The average Bonchev–Trinajstić information content (AvgIpc) is 4.02. The van der Waals surface area contributed by atoms with Gasteiger partial charge in [0.25, 0.3) is 0 Å². The molecule has 0 bridgehead atoms. The molecule has 2 aromatic heterocycles.